The molecular formula is C11H18N4. The molecule has 4 nitrogen and oxygen atoms in total. The first-order valence-corrected chi connectivity index (χ1v) is 5.43. The first-order chi connectivity index (χ1) is 7.19. The molecule has 1 aromatic heterocycles. The Morgan fingerprint density at radius 1 is 1.33 bits per heavy atom. The highest BCUT2D eigenvalue weighted by Gasteiger charge is 2.22. The molecule has 0 radical (unpaired) electrons. The van der Waals surface area contributed by atoms with Crippen molar-refractivity contribution in [3.63, 3.8) is 0 Å². The standard InChI is InChI=1S/C11H18N4/c1-8-6-9(2)14-11(13-8)15-5-4-10(7-15)12-3/h6,10,12H,4-5,7H2,1-3H3. The lowest BCUT2D eigenvalue weighted by Crippen LogP contribution is -2.30. The molecule has 1 aliphatic heterocycles. The van der Waals surface area contributed by atoms with Crippen LogP contribution in [0, 0.1) is 13.8 Å². The molecule has 0 saturated carbocycles. The van der Waals surface area contributed by atoms with Crippen molar-refractivity contribution >= 4 is 5.95 Å². The minimum Gasteiger partial charge on any atom is -0.339 e. The molecule has 1 fully saturated rings. The van der Waals surface area contributed by atoms with Crippen LogP contribution in [0.1, 0.15) is 17.8 Å². The number of rotatable bonds is 2. The average Bonchev–Trinajstić information content (AvgIpc) is 2.64. The zero-order valence-electron chi connectivity index (χ0n) is 9.62. The lowest BCUT2D eigenvalue weighted by atomic mass is 10.3. The van der Waals surface area contributed by atoms with Gasteiger partial charge in [-0.1, -0.05) is 0 Å². The van der Waals surface area contributed by atoms with Gasteiger partial charge < -0.3 is 10.2 Å². The predicted octanol–water partition coefficient (Wildman–Crippen LogP) is 0.892. The van der Waals surface area contributed by atoms with Crippen LogP contribution in [0.4, 0.5) is 5.95 Å². The average molecular weight is 206 g/mol. The Labute approximate surface area is 90.7 Å². The van der Waals surface area contributed by atoms with E-state index in [1.54, 1.807) is 0 Å². The number of likely N-dealkylation sites (N-methyl/N-ethyl adjacent to an activating group) is 1. The van der Waals surface area contributed by atoms with E-state index in [2.05, 4.69) is 20.2 Å². The van der Waals surface area contributed by atoms with Crippen molar-refractivity contribution in [2.45, 2.75) is 26.3 Å². The molecule has 1 aromatic rings. The third-order valence-electron chi connectivity index (χ3n) is 2.85. The van der Waals surface area contributed by atoms with Gasteiger partial charge in [-0.05, 0) is 33.4 Å². The van der Waals surface area contributed by atoms with E-state index in [9.17, 15) is 0 Å². The van der Waals surface area contributed by atoms with E-state index in [1.165, 1.54) is 6.42 Å². The molecule has 1 unspecified atom stereocenters. The van der Waals surface area contributed by atoms with Crippen LogP contribution in [0.2, 0.25) is 0 Å². The third kappa shape index (κ3) is 2.26. The summed E-state index contributed by atoms with van der Waals surface area (Å²) >= 11 is 0. The lowest BCUT2D eigenvalue weighted by molar-refractivity contribution is 0.616. The Hall–Kier alpha value is -1.16. The molecule has 0 spiro atoms. The molecule has 0 aromatic carbocycles. The molecule has 4 heteroatoms. The second-order valence-corrected chi connectivity index (χ2v) is 4.17. The van der Waals surface area contributed by atoms with Crippen molar-refractivity contribution in [3.05, 3.63) is 17.5 Å². The summed E-state index contributed by atoms with van der Waals surface area (Å²) < 4.78 is 0. The number of aromatic nitrogens is 2. The number of aryl methyl sites for hydroxylation is 2. The first kappa shape index (κ1) is 10.4. The van der Waals surface area contributed by atoms with E-state index >= 15 is 0 Å². The van der Waals surface area contributed by atoms with Gasteiger partial charge in [0.25, 0.3) is 0 Å². The van der Waals surface area contributed by atoms with Crippen LogP contribution >= 0.6 is 0 Å². The summed E-state index contributed by atoms with van der Waals surface area (Å²) in [6.45, 7) is 6.10. The van der Waals surface area contributed by atoms with Gasteiger partial charge in [0, 0.05) is 30.5 Å². The molecule has 2 rings (SSSR count). The van der Waals surface area contributed by atoms with Gasteiger partial charge in [-0.15, -0.1) is 0 Å². The van der Waals surface area contributed by atoms with E-state index in [1.807, 2.05) is 27.0 Å². The van der Waals surface area contributed by atoms with E-state index < -0.39 is 0 Å². The van der Waals surface area contributed by atoms with Gasteiger partial charge >= 0.3 is 0 Å². The minimum absolute atomic E-state index is 0.578. The van der Waals surface area contributed by atoms with Gasteiger partial charge in [0.1, 0.15) is 0 Å². The SMILES string of the molecule is CNC1CCN(c2nc(C)cc(C)n2)C1. The number of hydrogen-bond donors (Lipinski definition) is 1. The Kier molecular flexibility index (Phi) is 2.86. The maximum absolute atomic E-state index is 4.47. The molecule has 0 bridgehead atoms. The number of nitrogens with one attached hydrogen (secondary N) is 1. The number of nitrogens with zero attached hydrogens (tertiary/aromatic N) is 3. The smallest absolute Gasteiger partial charge is 0.225 e. The van der Waals surface area contributed by atoms with Crippen molar-refractivity contribution in [2.75, 3.05) is 25.0 Å². The second kappa shape index (κ2) is 4.14. The summed E-state index contributed by atoms with van der Waals surface area (Å²) in [4.78, 5) is 11.2. The molecule has 2 heterocycles. The number of anilines is 1. The lowest BCUT2D eigenvalue weighted by Gasteiger charge is -2.16. The molecule has 1 N–H and O–H groups in total. The largest absolute Gasteiger partial charge is 0.339 e. The highest BCUT2D eigenvalue weighted by atomic mass is 15.3. The Morgan fingerprint density at radius 2 is 2.00 bits per heavy atom. The highest BCUT2D eigenvalue weighted by molar-refractivity contribution is 5.34. The van der Waals surface area contributed by atoms with Crippen molar-refractivity contribution in [1.82, 2.24) is 15.3 Å². The van der Waals surface area contributed by atoms with Gasteiger partial charge in [0.05, 0.1) is 0 Å². The van der Waals surface area contributed by atoms with Gasteiger partial charge in [-0.25, -0.2) is 9.97 Å². The van der Waals surface area contributed by atoms with Crippen LogP contribution in [0.25, 0.3) is 0 Å². The van der Waals surface area contributed by atoms with Gasteiger partial charge in [-0.3, -0.25) is 0 Å². The van der Waals surface area contributed by atoms with E-state index in [0.717, 1.165) is 30.4 Å². The van der Waals surface area contributed by atoms with Crippen molar-refractivity contribution in [3.8, 4) is 0 Å². The minimum atomic E-state index is 0.578. The maximum atomic E-state index is 4.47. The summed E-state index contributed by atoms with van der Waals surface area (Å²) in [6.07, 6.45) is 1.17. The molecular weight excluding hydrogens is 188 g/mol. The fourth-order valence-electron chi connectivity index (χ4n) is 2.03. The van der Waals surface area contributed by atoms with Crippen molar-refractivity contribution in [1.29, 1.82) is 0 Å². The zero-order chi connectivity index (χ0) is 10.8. The van der Waals surface area contributed by atoms with E-state index in [4.69, 9.17) is 0 Å². The Bertz CT molecular complexity index is 330. The Balaban J connectivity index is 2.16. The van der Waals surface area contributed by atoms with E-state index in [0.29, 0.717) is 6.04 Å². The van der Waals surface area contributed by atoms with Crippen LogP contribution in [0.5, 0.6) is 0 Å². The van der Waals surface area contributed by atoms with Crippen LogP contribution in [-0.4, -0.2) is 36.1 Å². The van der Waals surface area contributed by atoms with E-state index in [-0.39, 0.29) is 0 Å². The second-order valence-electron chi connectivity index (χ2n) is 4.17. The van der Waals surface area contributed by atoms with Crippen LogP contribution in [0.15, 0.2) is 6.07 Å². The summed E-state index contributed by atoms with van der Waals surface area (Å²) in [6, 6.07) is 2.59. The quantitative estimate of drug-likeness (QED) is 0.780. The normalized spacial score (nSPS) is 21.0. The molecule has 1 aliphatic rings. The molecule has 15 heavy (non-hydrogen) atoms. The van der Waals surface area contributed by atoms with Gasteiger partial charge in [0.2, 0.25) is 5.95 Å². The van der Waals surface area contributed by atoms with Crippen LogP contribution in [0.3, 0.4) is 0 Å². The van der Waals surface area contributed by atoms with Gasteiger partial charge in [-0.2, -0.15) is 0 Å². The molecule has 0 amide bonds. The molecule has 82 valence electrons. The fourth-order valence-corrected chi connectivity index (χ4v) is 2.03. The maximum Gasteiger partial charge on any atom is 0.225 e. The Morgan fingerprint density at radius 3 is 2.53 bits per heavy atom. The third-order valence-corrected chi connectivity index (χ3v) is 2.85. The van der Waals surface area contributed by atoms with Crippen LogP contribution < -0.4 is 10.2 Å². The zero-order valence-corrected chi connectivity index (χ0v) is 9.62. The fraction of sp³-hybridized carbons (Fsp3) is 0.636. The van der Waals surface area contributed by atoms with Crippen molar-refractivity contribution < 1.29 is 0 Å². The molecule has 1 saturated heterocycles. The topological polar surface area (TPSA) is 41.0 Å². The summed E-state index contributed by atoms with van der Waals surface area (Å²) in [5.74, 6) is 0.880. The first-order valence-electron chi connectivity index (χ1n) is 5.43. The highest BCUT2D eigenvalue weighted by Crippen LogP contribution is 2.16. The molecule has 1 atom stereocenters. The monoisotopic (exact) mass is 206 g/mol. The van der Waals surface area contributed by atoms with Crippen LogP contribution in [-0.2, 0) is 0 Å². The summed E-state index contributed by atoms with van der Waals surface area (Å²) in [7, 11) is 2.01. The summed E-state index contributed by atoms with van der Waals surface area (Å²) in [5.41, 5.74) is 2.09. The number of hydrogen-bond acceptors (Lipinski definition) is 4. The molecule has 0 aliphatic carbocycles. The van der Waals surface area contributed by atoms with Gasteiger partial charge in [0.15, 0.2) is 0 Å². The van der Waals surface area contributed by atoms with Crippen molar-refractivity contribution in [2.24, 2.45) is 0 Å². The summed E-state index contributed by atoms with van der Waals surface area (Å²) in [5, 5.41) is 3.30. The predicted molar refractivity (Wildman–Crippen MR) is 61.2 cm³/mol.